The Labute approximate surface area is 204 Å². The van der Waals surface area contributed by atoms with Gasteiger partial charge in [-0.15, -0.1) is 0 Å². The van der Waals surface area contributed by atoms with E-state index >= 15 is 0 Å². The molecule has 0 spiro atoms. The van der Waals surface area contributed by atoms with Gasteiger partial charge in [0.2, 0.25) is 5.91 Å². The molecule has 190 valence electrons. The second-order valence-corrected chi connectivity index (χ2v) is 13.3. The van der Waals surface area contributed by atoms with Crippen LogP contribution in [0.1, 0.15) is 86.5 Å². The van der Waals surface area contributed by atoms with Gasteiger partial charge in [-0.25, -0.2) is 0 Å². The highest BCUT2D eigenvalue weighted by atomic mass is 16.5. The minimum Gasteiger partial charge on any atom is -0.462 e. The van der Waals surface area contributed by atoms with Crippen LogP contribution in [0.15, 0.2) is 11.1 Å². The number of rotatable bonds is 2. The van der Waals surface area contributed by atoms with Crippen molar-refractivity contribution in [1.82, 2.24) is 5.32 Å². The molecule has 0 saturated heterocycles. The standard InChI is InChI=1S/C28H43NO5/c1-15(30)34-20-14-18-26(4)11-8-10-25(2,3)17(26)9-12-27(18,5)19-13-16(33-7)21-22(28(19,20)6)24(32)29-23(21)31/h16-20,23,31H,8-14H2,1-7H3,(H,29,32)/t16-,17+,18-,19+,20-,23-,26+,27-,28-/m1/s1. The number of hydrogen-bond donors (Lipinski definition) is 2. The van der Waals surface area contributed by atoms with E-state index < -0.39 is 17.7 Å². The minimum atomic E-state index is -1.04. The number of aliphatic hydroxyl groups is 1. The van der Waals surface area contributed by atoms with Crippen LogP contribution >= 0.6 is 0 Å². The number of ether oxygens (including phenoxy) is 2. The molecule has 3 saturated carbocycles. The number of nitrogens with one attached hydrogen (secondary N) is 1. The van der Waals surface area contributed by atoms with Gasteiger partial charge in [0.25, 0.3) is 0 Å². The highest BCUT2D eigenvalue weighted by Crippen LogP contribution is 2.73. The van der Waals surface area contributed by atoms with Gasteiger partial charge in [-0.3, -0.25) is 9.59 Å². The van der Waals surface area contributed by atoms with Crippen LogP contribution in [-0.2, 0) is 19.1 Å². The van der Waals surface area contributed by atoms with Crippen molar-refractivity contribution in [3.8, 4) is 0 Å². The number of carbonyl (C=O) groups excluding carboxylic acids is 2. The Kier molecular flexibility index (Phi) is 5.40. The summed E-state index contributed by atoms with van der Waals surface area (Å²) in [6.07, 6.45) is 5.76. The molecule has 5 aliphatic rings. The lowest BCUT2D eigenvalue weighted by atomic mass is 9.35. The fourth-order valence-corrected chi connectivity index (χ4v) is 10.2. The number of aliphatic hydroxyl groups excluding tert-OH is 1. The molecule has 6 heteroatoms. The van der Waals surface area contributed by atoms with Gasteiger partial charge >= 0.3 is 5.97 Å². The molecule has 2 N–H and O–H groups in total. The van der Waals surface area contributed by atoms with Gasteiger partial charge in [0, 0.05) is 30.6 Å². The van der Waals surface area contributed by atoms with Crippen LogP contribution < -0.4 is 5.32 Å². The topological polar surface area (TPSA) is 84.9 Å². The first-order chi connectivity index (χ1) is 15.8. The Hall–Kier alpha value is -1.40. The molecule has 3 fully saturated rings. The van der Waals surface area contributed by atoms with Crippen molar-refractivity contribution < 1.29 is 24.2 Å². The molecule has 34 heavy (non-hydrogen) atoms. The van der Waals surface area contributed by atoms with Crippen molar-refractivity contribution in [2.75, 3.05) is 7.11 Å². The zero-order valence-electron chi connectivity index (χ0n) is 22.0. The van der Waals surface area contributed by atoms with Crippen molar-refractivity contribution >= 4 is 11.9 Å². The molecule has 1 amide bonds. The van der Waals surface area contributed by atoms with Crippen molar-refractivity contribution in [2.45, 2.75) is 105 Å². The van der Waals surface area contributed by atoms with E-state index in [1.165, 1.54) is 32.6 Å². The van der Waals surface area contributed by atoms with Crippen molar-refractivity contribution in [3.05, 3.63) is 11.1 Å². The molecule has 5 rings (SSSR count). The molecule has 4 aliphatic carbocycles. The van der Waals surface area contributed by atoms with Crippen LogP contribution in [0, 0.1) is 39.4 Å². The number of amides is 1. The molecule has 1 aliphatic heterocycles. The summed E-state index contributed by atoms with van der Waals surface area (Å²) in [5.74, 6) is 0.613. The number of carbonyl (C=O) groups is 2. The summed E-state index contributed by atoms with van der Waals surface area (Å²) in [7, 11) is 1.67. The third kappa shape index (κ3) is 3.00. The molecule has 0 radical (unpaired) electrons. The monoisotopic (exact) mass is 473 g/mol. The number of methoxy groups -OCH3 is 1. The maximum atomic E-state index is 13.3. The summed E-state index contributed by atoms with van der Waals surface area (Å²) in [6.45, 7) is 13.4. The largest absolute Gasteiger partial charge is 0.462 e. The van der Waals surface area contributed by atoms with E-state index in [9.17, 15) is 14.7 Å². The molecule has 6 nitrogen and oxygen atoms in total. The summed E-state index contributed by atoms with van der Waals surface area (Å²) in [4.78, 5) is 25.7. The molecule has 0 bridgehead atoms. The fourth-order valence-electron chi connectivity index (χ4n) is 10.2. The Bertz CT molecular complexity index is 941. The predicted molar refractivity (Wildman–Crippen MR) is 128 cm³/mol. The summed E-state index contributed by atoms with van der Waals surface area (Å²) >= 11 is 0. The van der Waals surface area contributed by atoms with E-state index in [1.54, 1.807) is 7.11 Å². The molecule has 9 atom stereocenters. The Balaban J connectivity index is 1.68. The third-order valence-corrected chi connectivity index (χ3v) is 11.5. The van der Waals surface area contributed by atoms with Gasteiger partial charge in [-0.2, -0.15) is 0 Å². The highest BCUT2D eigenvalue weighted by Gasteiger charge is 2.70. The summed E-state index contributed by atoms with van der Waals surface area (Å²) < 4.78 is 12.0. The van der Waals surface area contributed by atoms with Gasteiger partial charge in [0.05, 0.1) is 6.10 Å². The van der Waals surface area contributed by atoms with Gasteiger partial charge in [-0.1, -0.05) is 41.0 Å². The Morgan fingerprint density at radius 1 is 1.00 bits per heavy atom. The van der Waals surface area contributed by atoms with Crippen LogP contribution in [-0.4, -0.2) is 42.5 Å². The fraction of sp³-hybridized carbons (Fsp3) is 0.857. The van der Waals surface area contributed by atoms with Gasteiger partial charge in [0.1, 0.15) is 6.10 Å². The molecule has 0 unspecified atom stereocenters. The average Bonchev–Trinajstić information content (AvgIpc) is 3.03. The molecule has 0 aromatic heterocycles. The third-order valence-electron chi connectivity index (χ3n) is 11.5. The predicted octanol–water partition coefficient (Wildman–Crippen LogP) is 4.36. The minimum absolute atomic E-state index is 0.00674. The first-order valence-electron chi connectivity index (χ1n) is 13.2. The lowest BCUT2D eigenvalue weighted by Gasteiger charge is -2.70. The van der Waals surface area contributed by atoms with Gasteiger partial charge < -0.3 is 19.9 Å². The summed E-state index contributed by atoms with van der Waals surface area (Å²) in [5, 5.41) is 13.5. The lowest BCUT2D eigenvalue weighted by molar-refractivity contribution is -0.229. The van der Waals surface area contributed by atoms with E-state index in [0.717, 1.165) is 19.3 Å². The molecular formula is C28H43NO5. The smallest absolute Gasteiger partial charge is 0.302 e. The first kappa shape index (κ1) is 24.3. The maximum Gasteiger partial charge on any atom is 0.302 e. The Morgan fingerprint density at radius 3 is 2.32 bits per heavy atom. The van der Waals surface area contributed by atoms with Gasteiger partial charge in [0.15, 0.2) is 6.23 Å². The Morgan fingerprint density at radius 2 is 1.68 bits per heavy atom. The zero-order valence-corrected chi connectivity index (χ0v) is 22.0. The van der Waals surface area contributed by atoms with Crippen LogP contribution in [0.4, 0.5) is 0 Å². The van der Waals surface area contributed by atoms with Crippen molar-refractivity contribution in [3.63, 3.8) is 0 Å². The average molecular weight is 474 g/mol. The quantitative estimate of drug-likeness (QED) is 0.582. The van der Waals surface area contributed by atoms with Crippen LogP contribution in [0.5, 0.6) is 0 Å². The zero-order chi connectivity index (χ0) is 24.8. The molecular weight excluding hydrogens is 430 g/mol. The maximum absolute atomic E-state index is 13.3. The number of fused-ring (bicyclic) bond motifs is 6. The van der Waals surface area contributed by atoms with E-state index in [0.29, 0.717) is 28.4 Å². The van der Waals surface area contributed by atoms with Crippen LogP contribution in [0.25, 0.3) is 0 Å². The van der Waals surface area contributed by atoms with Crippen LogP contribution in [0.2, 0.25) is 0 Å². The van der Waals surface area contributed by atoms with Crippen molar-refractivity contribution in [1.29, 1.82) is 0 Å². The van der Waals surface area contributed by atoms with Crippen molar-refractivity contribution in [2.24, 2.45) is 39.4 Å². The second-order valence-electron chi connectivity index (χ2n) is 13.3. The normalized spacial score (nSPS) is 49.4. The SMILES string of the molecule is CO[C@@H]1C[C@H]2[C@]3(C)CC[C@H]4C(C)(C)CCC[C@]4(C)[C@H]3C[C@@H](OC(C)=O)[C@]2(C)C2=C1[C@@H](O)NC2=O. The van der Waals surface area contributed by atoms with E-state index in [2.05, 4.69) is 39.9 Å². The number of hydrogen-bond acceptors (Lipinski definition) is 5. The molecule has 0 aromatic carbocycles. The van der Waals surface area contributed by atoms with E-state index in [1.807, 2.05) is 0 Å². The second kappa shape index (κ2) is 7.55. The summed E-state index contributed by atoms with van der Waals surface area (Å²) in [5.41, 5.74) is 1.06. The van der Waals surface area contributed by atoms with E-state index in [-0.39, 0.29) is 34.7 Å². The van der Waals surface area contributed by atoms with E-state index in [4.69, 9.17) is 9.47 Å². The molecule has 1 heterocycles. The first-order valence-corrected chi connectivity index (χ1v) is 13.2. The molecule has 0 aromatic rings. The highest BCUT2D eigenvalue weighted by molar-refractivity contribution is 5.99. The van der Waals surface area contributed by atoms with Crippen LogP contribution in [0.3, 0.4) is 0 Å². The lowest BCUT2D eigenvalue weighted by Crippen LogP contribution is -2.66. The van der Waals surface area contributed by atoms with Gasteiger partial charge in [-0.05, 0) is 72.5 Å². The number of esters is 1. The summed E-state index contributed by atoms with van der Waals surface area (Å²) in [6, 6.07) is 0.